The number of hydrogen-bond acceptors (Lipinski definition) is 2. The van der Waals surface area contributed by atoms with Gasteiger partial charge in [0.25, 0.3) is 0 Å². The molecule has 0 aliphatic rings. The molecule has 0 atom stereocenters. The minimum absolute atomic E-state index is 0. The van der Waals surface area contributed by atoms with Crippen LogP contribution in [0.5, 0.6) is 0 Å². The maximum absolute atomic E-state index is 4.00. The van der Waals surface area contributed by atoms with Crippen molar-refractivity contribution < 1.29 is 0 Å². The summed E-state index contributed by atoms with van der Waals surface area (Å²) < 4.78 is 0. The van der Waals surface area contributed by atoms with E-state index in [4.69, 9.17) is 0 Å². The van der Waals surface area contributed by atoms with Crippen molar-refractivity contribution in [3.8, 4) is 0 Å². The first-order chi connectivity index (χ1) is 1.00. The lowest BCUT2D eigenvalue weighted by Crippen LogP contribution is -2.02. The summed E-state index contributed by atoms with van der Waals surface area (Å²) in [5.41, 5.74) is 0. The van der Waals surface area contributed by atoms with Crippen LogP contribution >= 0.6 is 0 Å². The van der Waals surface area contributed by atoms with Gasteiger partial charge < -0.3 is 0 Å². The second-order valence-corrected chi connectivity index (χ2v) is 0. The highest BCUT2D eigenvalue weighted by Gasteiger charge is 0.726. The van der Waals surface area contributed by atoms with E-state index in [2.05, 4.69) is 11.7 Å². The van der Waals surface area contributed by atoms with E-state index in [-0.39, 0.29) is 14.9 Å². The van der Waals surface area contributed by atoms with E-state index in [9.17, 15) is 0 Å². The van der Waals surface area contributed by atoms with E-state index in [1.807, 2.05) is 0 Å². The van der Waals surface area contributed by atoms with Crippen LogP contribution in [0.2, 0.25) is 0 Å². The van der Waals surface area contributed by atoms with Gasteiger partial charge in [-0.1, -0.05) is 14.9 Å². The Morgan fingerprint density at radius 2 is 0.750 bits per heavy atom. The zero-order valence-corrected chi connectivity index (χ0v) is 1.15. The van der Waals surface area contributed by atoms with Crippen molar-refractivity contribution in [2.45, 2.75) is 14.9 Å². The lowest BCUT2D eigenvalue weighted by Gasteiger charge is -1.27. The summed E-state index contributed by atoms with van der Waals surface area (Å²) in [5.74, 6) is 8.00. The van der Waals surface area contributed by atoms with E-state index in [0.29, 0.717) is 0 Å². The van der Waals surface area contributed by atoms with Crippen molar-refractivity contribution >= 4 is 0 Å². The largest absolute Gasteiger partial charge is 0.274 e. The maximum atomic E-state index is 4.00. The van der Waals surface area contributed by atoms with E-state index < -0.39 is 0 Å². The molecule has 0 bridgehead atoms. The van der Waals surface area contributed by atoms with Crippen LogP contribution in [0, 0.1) is 0 Å². The summed E-state index contributed by atoms with van der Waals surface area (Å²) in [6.07, 6.45) is 0. The van der Waals surface area contributed by atoms with Crippen molar-refractivity contribution in [2.75, 3.05) is 0 Å². The first-order valence-electron chi connectivity index (χ1n) is 0.333. The number of rotatable bonds is 0. The van der Waals surface area contributed by atoms with Crippen LogP contribution in [0.3, 0.4) is 0 Å². The van der Waals surface area contributed by atoms with Crippen LogP contribution in [0.4, 0.5) is 0 Å². The van der Waals surface area contributed by atoms with Crippen LogP contribution in [-0.4, -0.2) is 0 Å². The molecule has 0 unspecified atom stereocenters. The Bertz CT molecular complexity index is 4.00. The predicted molar refractivity (Wildman–Crippen MR) is 21.8 cm³/mol. The van der Waals surface area contributed by atoms with Gasteiger partial charge in [-0.2, -0.15) is 0 Å². The van der Waals surface area contributed by atoms with Crippen LogP contribution < -0.4 is 11.7 Å². The monoisotopic (exact) mass is 64.1 g/mol. The molecule has 4 heavy (non-hydrogen) atoms. The normalized spacial score (nSPS) is 1.50. The van der Waals surface area contributed by atoms with Crippen molar-refractivity contribution in [1.82, 2.24) is 0 Å². The van der Waals surface area contributed by atoms with E-state index >= 15 is 0 Å². The van der Waals surface area contributed by atoms with Crippen LogP contribution in [0.15, 0.2) is 0 Å². The van der Waals surface area contributed by atoms with E-state index in [1.54, 1.807) is 0 Å². The molecule has 0 saturated carbocycles. The summed E-state index contributed by atoms with van der Waals surface area (Å²) in [7, 11) is 0. The lowest BCUT2D eigenvalue weighted by atomic mass is 12.0. The molecule has 2 nitrogen and oxygen atoms in total. The summed E-state index contributed by atoms with van der Waals surface area (Å²) in [6.45, 7) is 0. The Morgan fingerprint density at radius 1 is 0.750 bits per heavy atom. The molecule has 0 amide bonds. The van der Waals surface area contributed by atoms with E-state index in [0.717, 1.165) is 0 Å². The van der Waals surface area contributed by atoms with Crippen molar-refractivity contribution in [3.05, 3.63) is 0 Å². The molecular formula is C2H12N2. The molecule has 0 aromatic rings. The predicted octanol–water partition coefficient (Wildman–Crippen LogP) is 0.0910. The second kappa shape index (κ2) is 1680. The van der Waals surface area contributed by atoms with Crippen molar-refractivity contribution in [3.63, 3.8) is 0 Å². The molecule has 0 saturated heterocycles. The average molecular weight is 64.1 g/mol. The molecule has 0 aliphatic carbocycles. The molecule has 0 aliphatic heterocycles. The van der Waals surface area contributed by atoms with Gasteiger partial charge in [-0.25, -0.2) is 0 Å². The third-order valence-corrected chi connectivity index (χ3v) is 0. The highest BCUT2D eigenvalue weighted by molar-refractivity contribution is 3.26. The fourth-order valence-corrected chi connectivity index (χ4v) is 0. The van der Waals surface area contributed by atoms with Gasteiger partial charge in [0.05, 0.1) is 0 Å². The van der Waals surface area contributed by atoms with Crippen LogP contribution in [0.1, 0.15) is 14.9 Å². The summed E-state index contributed by atoms with van der Waals surface area (Å²) in [6, 6.07) is 0. The topological polar surface area (TPSA) is 52.0 Å². The first kappa shape index (κ1) is 39.5. The molecule has 0 spiro atoms. The minimum atomic E-state index is 0. The van der Waals surface area contributed by atoms with Crippen LogP contribution in [0.25, 0.3) is 0 Å². The smallest absolute Gasteiger partial charge is 0.0776 e. The Balaban J connectivity index is -0.00000000500. The molecule has 0 aromatic carbocycles. The molecule has 2 heteroatoms. The number of hydrogen-bond donors (Lipinski definition) is 2. The molecule has 30 valence electrons. The first-order valence-corrected chi connectivity index (χ1v) is 0.333. The highest BCUT2D eigenvalue weighted by atomic mass is 15.0. The zero-order valence-electron chi connectivity index (χ0n) is 1.15. The number of hydrazine groups is 1. The summed E-state index contributed by atoms with van der Waals surface area (Å²) in [5, 5.41) is 0. The van der Waals surface area contributed by atoms with Gasteiger partial charge in [0, 0.05) is 0 Å². The number of nitrogens with two attached hydrogens (primary N) is 2. The quantitative estimate of drug-likeness (QED) is 0.310. The fourth-order valence-electron chi connectivity index (χ4n) is 0. The third kappa shape index (κ3) is 254. The molecular weight excluding hydrogens is 52.0 g/mol. The molecule has 0 aromatic heterocycles. The Hall–Kier alpha value is -0.0800. The Morgan fingerprint density at radius 3 is 0.750 bits per heavy atom. The molecule has 4 N–H and O–H groups in total. The minimum Gasteiger partial charge on any atom is -0.274 e. The Kier molecular flexibility index (Phi) is 16600. The van der Waals surface area contributed by atoms with Gasteiger partial charge in [-0.05, 0) is 0 Å². The molecule has 0 fully saturated rings. The lowest BCUT2D eigenvalue weighted by molar-refractivity contribution is 1.26. The third-order valence-electron chi connectivity index (χ3n) is 0. The Labute approximate surface area is 27.8 Å². The van der Waals surface area contributed by atoms with Gasteiger partial charge in [-0.3, -0.25) is 11.7 Å². The van der Waals surface area contributed by atoms with Gasteiger partial charge >= 0.3 is 0 Å². The van der Waals surface area contributed by atoms with Crippen LogP contribution in [-0.2, 0) is 0 Å². The summed E-state index contributed by atoms with van der Waals surface area (Å²) >= 11 is 0. The second-order valence-electron chi connectivity index (χ2n) is 0. The maximum Gasteiger partial charge on any atom is -0.0776 e. The van der Waals surface area contributed by atoms with Gasteiger partial charge in [0.15, 0.2) is 0 Å². The SMILES string of the molecule is C.C.NN. The van der Waals surface area contributed by atoms with Crippen molar-refractivity contribution in [1.29, 1.82) is 0 Å². The zero-order chi connectivity index (χ0) is 2.00. The molecule has 0 radical (unpaired) electrons. The summed E-state index contributed by atoms with van der Waals surface area (Å²) in [4.78, 5) is 0. The molecule has 0 rings (SSSR count). The fraction of sp³-hybridized carbons (Fsp3) is 1.00. The average Bonchev–Trinajstić information content (AvgIpc) is 1.00. The molecule has 0 heterocycles. The van der Waals surface area contributed by atoms with Gasteiger partial charge in [-0.15, -0.1) is 0 Å². The van der Waals surface area contributed by atoms with Gasteiger partial charge in [0.2, 0.25) is 0 Å². The highest BCUT2D eigenvalue weighted by Crippen LogP contribution is 0.145. The standard InChI is InChI=1S/2CH4.H4N2/c;;1-2/h2*1H4;1-2H2. The van der Waals surface area contributed by atoms with E-state index in [1.165, 1.54) is 0 Å². The van der Waals surface area contributed by atoms with Crippen molar-refractivity contribution in [2.24, 2.45) is 11.7 Å². The van der Waals surface area contributed by atoms with Gasteiger partial charge in [0.1, 0.15) is 0 Å².